The first-order chi connectivity index (χ1) is 8.63. The highest BCUT2D eigenvalue weighted by atomic mass is 79.9. The van der Waals surface area contributed by atoms with Crippen LogP contribution in [-0.4, -0.2) is 10.9 Å². The normalized spacial score (nSPS) is 10.1. The second-order valence-electron chi connectivity index (χ2n) is 3.71. The Hall–Kier alpha value is -1.75. The monoisotopic (exact) mass is 308 g/mol. The molecule has 1 heterocycles. The molecule has 0 radical (unpaired) electrons. The van der Waals surface area contributed by atoms with E-state index < -0.39 is 0 Å². The molecule has 0 atom stereocenters. The number of nitrogens with one attached hydrogen (secondary N) is 1. The summed E-state index contributed by atoms with van der Waals surface area (Å²) in [6.45, 7) is 0. The maximum absolute atomic E-state index is 12.7. The molecule has 0 bridgehead atoms. The number of hydrogen-bond acceptors (Lipinski definition) is 2. The first kappa shape index (κ1) is 12.7. The predicted molar refractivity (Wildman–Crippen MR) is 70.7 cm³/mol. The predicted octanol–water partition coefficient (Wildman–Crippen LogP) is 3.16. The van der Waals surface area contributed by atoms with E-state index in [-0.39, 0.29) is 18.1 Å². The Morgan fingerprint density at radius 2 is 2.00 bits per heavy atom. The van der Waals surface area contributed by atoms with Gasteiger partial charge in [0.1, 0.15) is 11.6 Å². The van der Waals surface area contributed by atoms with Crippen LogP contribution in [0.4, 0.5) is 10.2 Å². The average Bonchev–Trinajstić information content (AvgIpc) is 2.32. The number of nitrogens with zero attached hydrogens (tertiary/aromatic N) is 1. The lowest BCUT2D eigenvalue weighted by Gasteiger charge is -2.04. The van der Waals surface area contributed by atoms with Crippen molar-refractivity contribution in [2.24, 2.45) is 0 Å². The summed E-state index contributed by atoms with van der Waals surface area (Å²) in [5.74, 6) is -0.0171. The highest BCUT2D eigenvalue weighted by molar-refractivity contribution is 9.10. The zero-order chi connectivity index (χ0) is 13.0. The smallest absolute Gasteiger partial charge is 0.229 e. The molecule has 1 aromatic carbocycles. The first-order valence-electron chi connectivity index (χ1n) is 5.29. The van der Waals surface area contributed by atoms with Crippen LogP contribution in [-0.2, 0) is 11.2 Å². The van der Waals surface area contributed by atoms with Crippen LogP contribution < -0.4 is 5.32 Å². The Morgan fingerprint density at radius 3 is 2.67 bits per heavy atom. The molecule has 0 aliphatic heterocycles. The van der Waals surface area contributed by atoms with Crippen molar-refractivity contribution < 1.29 is 9.18 Å². The lowest BCUT2D eigenvalue weighted by Crippen LogP contribution is -2.15. The van der Waals surface area contributed by atoms with Crippen molar-refractivity contribution in [2.45, 2.75) is 6.42 Å². The number of benzene rings is 1. The molecule has 0 fully saturated rings. The molecule has 5 heteroatoms. The van der Waals surface area contributed by atoms with Gasteiger partial charge in [-0.1, -0.05) is 28.1 Å². The van der Waals surface area contributed by atoms with Crippen LogP contribution in [0.2, 0.25) is 0 Å². The van der Waals surface area contributed by atoms with Crippen molar-refractivity contribution in [2.75, 3.05) is 5.32 Å². The van der Waals surface area contributed by atoms with Crippen LogP contribution in [0.1, 0.15) is 5.56 Å². The van der Waals surface area contributed by atoms with Crippen molar-refractivity contribution in [1.29, 1.82) is 0 Å². The Balaban J connectivity index is 1.98. The van der Waals surface area contributed by atoms with Gasteiger partial charge in [0.15, 0.2) is 0 Å². The molecule has 0 aliphatic carbocycles. The molecule has 0 saturated carbocycles. The molecular formula is C13H10BrFN2O. The number of carbonyl (C=O) groups is 1. The zero-order valence-corrected chi connectivity index (χ0v) is 10.9. The topological polar surface area (TPSA) is 42.0 Å². The number of rotatable bonds is 3. The summed E-state index contributed by atoms with van der Waals surface area (Å²) in [6, 6.07) is 9.32. The molecule has 3 nitrogen and oxygen atoms in total. The van der Waals surface area contributed by atoms with Gasteiger partial charge in [-0.3, -0.25) is 4.79 Å². The number of amides is 1. The van der Waals surface area contributed by atoms with Gasteiger partial charge in [-0.2, -0.15) is 0 Å². The number of halogens is 2. The third-order valence-corrected chi connectivity index (χ3v) is 2.76. The van der Waals surface area contributed by atoms with E-state index in [1.807, 2.05) is 0 Å². The van der Waals surface area contributed by atoms with Crippen molar-refractivity contribution in [3.63, 3.8) is 0 Å². The average molecular weight is 309 g/mol. The van der Waals surface area contributed by atoms with Crippen molar-refractivity contribution in [3.8, 4) is 0 Å². The third-order valence-electron chi connectivity index (χ3n) is 2.27. The van der Waals surface area contributed by atoms with Gasteiger partial charge in [-0.05, 0) is 29.8 Å². The lowest BCUT2D eigenvalue weighted by molar-refractivity contribution is -0.115. The first-order valence-corrected chi connectivity index (χ1v) is 6.08. The zero-order valence-electron chi connectivity index (χ0n) is 9.36. The molecule has 2 rings (SSSR count). The molecule has 1 amide bonds. The fraction of sp³-hybridized carbons (Fsp3) is 0.0769. The molecule has 1 aromatic heterocycles. The van der Waals surface area contributed by atoms with E-state index in [0.717, 1.165) is 10.0 Å². The SMILES string of the molecule is O=C(Cc1ccc(F)cc1)Nc1cc(Br)ccn1. The minimum atomic E-state index is -0.312. The second-order valence-corrected chi connectivity index (χ2v) is 4.63. The number of hydrogen-bond donors (Lipinski definition) is 1. The van der Waals surface area contributed by atoms with Gasteiger partial charge < -0.3 is 5.32 Å². The largest absolute Gasteiger partial charge is 0.310 e. The standard InChI is InChI=1S/C13H10BrFN2O/c14-10-5-6-16-12(8-10)17-13(18)7-9-1-3-11(15)4-2-9/h1-6,8H,7H2,(H,16,17,18). The minimum absolute atomic E-state index is 0.188. The molecule has 0 unspecified atom stereocenters. The summed E-state index contributed by atoms with van der Waals surface area (Å²) in [5.41, 5.74) is 0.754. The summed E-state index contributed by atoms with van der Waals surface area (Å²) in [6.07, 6.45) is 1.78. The van der Waals surface area contributed by atoms with Crippen LogP contribution >= 0.6 is 15.9 Å². The third kappa shape index (κ3) is 3.63. The molecule has 0 aliphatic rings. The van der Waals surface area contributed by atoms with Crippen LogP contribution in [0, 0.1) is 5.82 Å². The van der Waals surface area contributed by atoms with E-state index in [9.17, 15) is 9.18 Å². The van der Waals surface area contributed by atoms with Crippen molar-refractivity contribution >= 4 is 27.7 Å². The van der Waals surface area contributed by atoms with E-state index in [0.29, 0.717) is 5.82 Å². The second kappa shape index (κ2) is 5.73. The molecule has 0 spiro atoms. The lowest BCUT2D eigenvalue weighted by atomic mass is 10.1. The van der Waals surface area contributed by atoms with Gasteiger partial charge in [-0.25, -0.2) is 9.37 Å². The van der Waals surface area contributed by atoms with Crippen molar-refractivity contribution in [1.82, 2.24) is 4.98 Å². The van der Waals surface area contributed by atoms with Gasteiger partial charge in [0.25, 0.3) is 0 Å². The number of pyridine rings is 1. The molecule has 2 aromatic rings. The van der Waals surface area contributed by atoms with E-state index >= 15 is 0 Å². The molecule has 1 N–H and O–H groups in total. The fourth-order valence-electron chi connectivity index (χ4n) is 1.45. The Kier molecular flexibility index (Phi) is 4.04. The van der Waals surface area contributed by atoms with Gasteiger partial charge >= 0.3 is 0 Å². The van der Waals surface area contributed by atoms with E-state index in [1.54, 1.807) is 30.5 Å². The van der Waals surface area contributed by atoms with Crippen LogP contribution in [0.15, 0.2) is 47.1 Å². The quantitative estimate of drug-likeness (QED) is 0.946. The highest BCUT2D eigenvalue weighted by Gasteiger charge is 2.05. The Labute approximate surface area is 112 Å². The van der Waals surface area contributed by atoms with E-state index in [4.69, 9.17) is 0 Å². The summed E-state index contributed by atoms with van der Waals surface area (Å²) in [4.78, 5) is 15.7. The Morgan fingerprint density at radius 1 is 1.28 bits per heavy atom. The van der Waals surface area contributed by atoms with Crippen LogP contribution in [0.3, 0.4) is 0 Å². The number of aromatic nitrogens is 1. The number of carbonyl (C=O) groups excluding carboxylic acids is 1. The van der Waals surface area contributed by atoms with Gasteiger partial charge in [0.2, 0.25) is 5.91 Å². The fourth-order valence-corrected chi connectivity index (χ4v) is 1.78. The maximum Gasteiger partial charge on any atom is 0.229 e. The molecule has 18 heavy (non-hydrogen) atoms. The van der Waals surface area contributed by atoms with Crippen molar-refractivity contribution in [3.05, 3.63) is 58.4 Å². The number of anilines is 1. The Bertz CT molecular complexity index is 557. The highest BCUT2D eigenvalue weighted by Crippen LogP contribution is 2.13. The van der Waals surface area contributed by atoms with Gasteiger partial charge in [-0.15, -0.1) is 0 Å². The van der Waals surface area contributed by atoms with E-state index in [2.05, 4.69) is 26.2 Å². The van der Waals surface area contributed by atoms with Gasteiger partial charge in [0.05, 0.1) is 6.42 Å². The maximum atomic E-state index is 12.7. The van der Waals surface area contributed by atoms with Crippen LogP contribution in [0.25, 0.3) is 0 Å². The summed E-state index contributed by atoms with van der Waals surface area (Å²) in [5, 5.41) is 2.67. The summed E-state index contributed by atoms with van der Waals surface area (Å²) >= 11 is 3.29. The molecule has 0 saturated heterocycles. The van der Waals surface area contributed by atoms with E-state index in [1.165, 1.54) is 12.1 Å². The van der Waals surface area contributed by atoms with Gasteiger partial charge in [0, 0.05) is 10.7 Å². The summed E-state index contributed by atoms with van der Waals surface area (Å²) < 4.78 is 13.5. The van der Waals surface area contributed by atoms with Crippen LogP contribution in [0.5, 0.6) is 0 Å². The summed E-state index contributed by atoms with van der Waals surface area (Å²) in [7, 11) is 0. The minimum Gasteiger partial charge on any atom is -0.310 e. The molecule has 92 valence electrons. The molecular weight excluding hydrogens is 299 g/mol.